The van der Waals surface area contributed by atoms with Gasteiger partial charge in [-0.25, -0.2) is 0 Å². The van der Waals surface area contributed by atoms with E-state index < -0.39 is 6.10 Å². The Morgan fingerprint density at radius 2 is 2.30 bits per heavy atom. The molecular weight excluding hydrogens is 292 g/mol. The van der Waals surface area contributed by atoms with E-state index in [1.807, 2.05) is 17.0 Å². The summed E-state index contributed by atoms with van der Waals surface area (Å²) in [5.41, 5.74) is 0. The molecule has 1 aliphatic heterocycles. The molecule has 1 aliphatic rings. The molecule has 3 atom stereocenters. The zero-order chi connectivity index (χ0) is 16.2. The molecule has 1 saturated heterocycles. The Morgan fingerprint density at radius 1 is 1.43 bits per heavy atom. The summed E-state index contributed by atoms with van der Waals surface area (Å²) >= 11 is 0. The highest BCUT2D eigenvalue weighted by Gasteiger charge is 2.35. The van der Waals surface area contributed by atoms with E-state index >= 15 is 0 Å². The fraction of sp³-hybridized carbons (Fsp3) is 0.444. The molecule has 0 unspecified atom stereocenters. The number of amides is 1. The van der Waals surface area contributed by atoms with Gasteiger partial charge >= 0.3 is 0 Å². The van der Waals surface area contributed by atoms with Crippen molar-refractivity contribution in [1.29, 1.82) is 0 Å². The Labute approximate surface area is 136 Å². The minimum atomic E-state index is -0.551. The third kappa shape index (κ3) is 3.55. The largest absolute Gasteiger partial charge is 0.479 e. The van der Waals surface area contributed by atoms with Crippen molar-refractivity contribution in [1.82, 2.24) is 9.88 Å². The molecule has 23 heavy (non-hydrogen) atoms. The van der Waals surface area contributed by atoms with Crippen LogP contribution in [0, 0.1) is 5.92 Å². The van der Waals surface area contributed by atoms with Crippen LogP contribution in [0.3, 0.4) is 0 Å². The number of piperidine rings is 1. The Kier molecular flexibility index (Phi) is 4.65. The normalized spacial score (nSPS) is 22.6. The summed E-state index contributed by atoms with van der Waals surface area (Å²) in [6.07, 6.45) is 6.32. The highest BCUT2D eigenvalue weighted by atomic mass is 16.5. The first-order valence-corrected chi connectivity index (χ1v) is 8.05. The molecule has 0 spiro atoms. The second kappa shape index (κ2) is 6.86. The van der Waals surface area contributed by atoms with Gasteiger partial charge in [0.25, 0.3) is 5.91 Å². The SMILES string of the molecule is C[C@@H]1CCN(C(=O)[C@H](C)Oc2cccnc2)[C@H](c2ccco2)C1. The quantitative estimate of drug-likeness (QED) is 0.867. The van der Waals surface area contributed by atoms with Crippen LogP contribution in [0.15, 0.2) is 47.3 Å². The number of aromatic nitrogens is 1. The number of carbonyl (C=O) groups is 1. The molecule has 122 valence electrons. The number of hydrogen-bond acceptors (Lipinski definition) is 4. The van der Waals surface area contributed by atoms with Crippen LogP contribution in [-0.2, 0) is 4.79 Å². The van der Waals surface area contributed by atoms with Crippen molar-refractivity contribution >= 4 is 5.91 Å². The average molecular weight is 314 g/mol. The van der Waals surface area contributed by atoms with Crippen LogP contribution in [0.25, 0.3) is 0 Å². The van der Waals surface area contributed by atoms with Crippen LogP contribution in [0.1, 0.15) is 38.5 Å². The Hall–Kier alpha value is -2.30. The molecule has 3 heterocycles. The molecule has 3 rings (SSSR count). The van der Waals surface area contributed by atoms with E-state index in [0.717, 1.165) is 25.1 Å². The van der Waals surface area contributed by atoms with E-state index in [0.29, 0.717) is 11.7 Å². The maximum atomic E-state index is 12.9. The number of furan rings is 1. The lowest BCUT2D eigenvalue weighted by Crippen LogP contribution is -2.46. The summed E-state index contributed by atoms with van der Waals surface area (Å²) in [5.74, 6) is 2.01. The molecular formula is C18H22N2O3. The summed E-state index contributed by atoms with van der Waals surface area (Å²) in [6.45, 7) is 4.73. The lowest BCUT2D eigenvalue weighted by molar-refractivity contribution is -0.143. The summed E-state index contributed by atoms with van der Waals surface area (Å²) in [6, 6.07) is 7.39. The summed E-state index contributed by atoms with van der Waals surface area (Å²) in [7, 11) is 0. The van der Waals surface area contributed by atoms with E-state index in [4.69, 9.17) is 9.15 Å². The maximum absolute atomic E-state index is 12.9. The summed E-state index contributed by atoms with van der Waals surface area (Å²) in [4.78, 5) is 18.8. The zero-order valence-corrected chi connectivity index (χ0v) is 13.5. The van der Waals surface area contributed by atoms with Gasteiger partial charge < -0.3 is 14.1 Å². The second-order valence-corrected chi connectivity index (χ2v) is 6.14. The Bertz CT molecular complexity index is 627. The lowest BCUT2D eigenvalue weighted by Gasteiger charge is -2.38. The molecule has 0 aliphatic carbocycles. The summed E-state index contributed by atoms with van der Waals surface area (Å²) in [5, 5.41) is 0. The van der Waals surface area contributed by atoms with Crippen LogP contribution in [-0.4, -0.2) is 28.4 Å². The first kappa shape index (κ1) is 15.6. The van der Waals surface area contributed by atoms with Gasteiger partial charge in [0.05, 0.1) is 18.5 Å². The van der Waals surface area contributed by atoms with E-state index in [9.17, 15) is 4.79 Å². The number of ether oxygens (including phenoxy) is 1. The number of carbonyl (C=O) groups excluding carboxylic acids is 1. The lowest BCUT2D eigenvalue weighted by atomic mass is 9.90. The predicted molar refractivity (Wildman–Crippen MR) is 85.9 cm³/mol. The van der Waals surface area contributed by atoms with Crippen LogP contribution >= 0.6 is 0 Å². The average Bonchev–Trinajstić information content (AvgIpc) is 3.09. The fourth-order valence-corrected chi connectivity index (χ4v) is 3.06. The minimum Gasteiger partial charge on any atom is -0.479 e. The topological polar surface area (TPSA) is 55.6 Å². The molecule has 0 N–H and O–H groups in total. The number of hydrogen-bond donors (Lipinski definition) is 0. The van der Waals surface area contributed by atoms with Gasteiger partial charge in [-0.05, 0) is 49.9 Å². The van der Waals surface area contributed by atoms with Gasteiger partial charge in [-0.1, -0.05) is 6.92 Å². The van der Waals surface area contributed by atoms with Crippen LogP contribution < -0.4 is 4.74 Å². The molecule has 5 nitrogen and oxygen atoms in total. The predicted octanol–water partition coefficient (Wildman–Crippen LogP) is 3.44. The molecule has 5 heteroatoms. The van der Waals surface area contributed by atoms with E-state index in [2.05, 4.69) is 11.9 Å². The third-order valence-corrected chi connectivity index (χ3v) is 4.31. The fourth-order valence-electron chi connectivity index (χ4n) is 3.06. The van der Waals surface area contributed by atoms with E-state index in [1.54, 1.807) is 37.7 Å². The summed E-state index contributed by atoms with van der Waals surface area (Å²) < 4.78 is 11.3. The van der Waals surface area contributed by atoms with Crippen molar-refractivity contribution in [3.63, 3.8) is 0 Å². The Morgan fingerprint density at radius 3 is 3.00 bits per heavy atom. The first-order chi connectivity index (χ1) is 11.1. The van der Waals surface area contributed by atoms with Gasteiger partial charge in [-0.15, -0.1) is 0 Å². The first-order valence-electron chi connectivity index (χ1n) is 8.05. The van der Waals surface area contributed by atoms with Gasteiger partial charge in [0.1, 0.15) is 11.5 Å². The van der Waals surface area contributed by atoms with Crippen LogP contribution in [0.5, 0.6) is 5.75 Å². The van der Waals surface area contributed by atoms with Crippen molar-refractivity contribution in [3.05, 3.63) is 48.7 Å². The molecule has 0 saturated carbocycles. The number of rotatable bonds is 4. The maximum Gasteiger partial charge on any atom is 0.263 e. The molecule has 0 radical (unpaired) electrons. The Balaban J connectivity index is 1.73. The molecule has 1 amide bonds. The molecule has 0 bridgehead atoms. The second-order valence-electron chi connectivity index (χ2n) is 6.14. The van der Waals surface area contributed by atoms with Crippen molar-refractivity contribution in [2.75, 3.05) is 6.54 Å². The van der Waals surface area contributed by atoms with Gasteiger partial charge in [0, 0.05) is 12.7 Å². The van der Waals surface area contributed by atoms with Gasteiger partial charge in [-0.3, -0.25) is 9.78 Å². The monoisotopic (exact) mass is 314 g/mol. The minimum absolute atomic E-state index is 0.0119. The number of nitrogens with zero attached hydrogens (tertiary/aromatic N) is 2. The van der Waals surface area contributed by atoms with Crippen LogP contribution in [0.4, 0.5) is 0 Å². The van der Waals surface area contributed by atoms with Crippen molar-refractivity contribution < 1.29 is 13.9 Å². The van der Waals surface area contributed by atoms with E-state index in [1.165, 1.54) is 0 Å². The van der Waals surface area contributed by atoms with E-state index in [-0.39, 0.29) is 11.9 Å². The van der Waals surface area contributed by atoms with Crippen molar-refractivity contribution in [2.24, 2.45) is 5.92 Å². The smallest absolute Gasteiger partial charge is 0.263 e. The number of likely N-dealkylation sites (tertiary alicyclic amines) is 1. The highest BCUT2D eigenvalue weighted by Crippen LogP contribution is 2.34. The standard InChI is InChI=1S/C18H22N2O3/c1-13-7-9-20(16(11-13)17-6-4-10-22-17)18(21)14(2)23-15-5-3-8-19-12-15/h3-6,8,10,12-14,16H,7,9,11H2,1-2H3/t13-,14+,16+/m1/s1. The molecule has 2 aromatic heterocycles. The van der Waals surface area contributed by atoms with Gasteiger partial charge in [0.15, 0.2) is 6.10 Å². The van der Waals surface area contributed by atoms with Gasteiger partial charge in [-0.2, -0.15) is 0 Å². The van der Waals surface area contributed by atoms with Gasteiger partial charge in [0.2, 0.25) is 0 Å². The van der Waals surface area contributed by atoms with Crippen LogP contribution in [0.2, 0.25) is 0 Å². The van der Waals surface area contributed by atoms with Crippen molar-refractivity contribution in [2.45, 2.75) is 38.8 Å². The zero-order valence-electron chi connectivity index (χ0n) is 13.5. The van der Waals surface area contributed by atoms with Crippen molar-refractivity contribution in [3.8, 4) is 5.75 Å². The third-order valence-electron chi connectivity index (χ3n) is 4.31. The highest BCUT2D eigenvalue weighted by molar-refractivity contribution is 5.81. The molecule has 1 fully saturated rings. The molecule has 2 aromatic rings. The molecule has 0 aromatic carbocycles. The number of pyridine rings is 1.